The standard InChI is InChI=1S/C23H20N4OS2/c1-30(28)18-7-3-6-17(11-18)26-23-25-13-15-8-9-20-19(22(15)27-23)12-21(29-20)14-4-2-5-16(24)10-14/h2-7,10-13H,8-9,24H2,1H3,(H,25,26,27)/p+1. The highest BCUT2D eigenvalue weighted by molar-refractivity contribution is 7.84. The van der Waals surface area contributed by atoms with E-state index < -0.39 is 10.8 Å². The number of anilines is 3. The Hall–Kier alpha value is -3.03. The summed E-state index contributed by atoms with van der Waals surface area (Å²) >= 11 is 1.81. The number of nitrogens with one attached hydrogen (secondary N) is 1. The third-order valence-corrected chi connectivity index (χ3v) is 7.44. The molecular weight excluding hydrogens is 412 g/mol. The van der Waals surface area contributed by atoms with E-state index in [9.17, 15) is 4.21 Å². The Morgan fingerprint density at radius 3 is 2.80 bits per heavy atom. The van der Waals surface area contributed by atoms with E-state index in [1.54, 1.807) is 17.6 Å². The zero-order chi connectivity index (χ0) is 20.7. The first-order valence-corrected chi connectivity index (χ1v) is 12.2. The lowest BCUT2D eigenvalue weighted by atomic mass is 9.96. The number of nitrogens with two attached hydrogens (primary N) is 1. The van der Waals surface area contributed by atoms with E-state index in [-0.39, 0.29) is 0 Å². The Morgan fingerprint density at radius 2 is 1.97 bits per heavy atom. The number of benzene rings is 2. The van der Waals surface area contributed by atoms with Crippen LogP contribution in [-0.2, 0) is 27.9 Å². The van der Waals surface area contributed by atoms with E-state index in [1.165, 1.54) is 15.3 Å². The molecule has 0 saturated carbocycles. The van der Waals surface area contributed by atoms with Gasteiger partial charge in [0.2, 0.25) is 5.95 Å². The molecule has 0 saturated heterocycles. The van der Waals surface area contributed by atoms with Crippen LogP contribution in [-0.4, -0.2) is 16.2 Å². The molecule has 2 aromatic heterocycles. The Labute approximate surface area is 181 Å². The number of thiol groups is 1. The molecule has 5 rings (SSSR count). The molecule has 4 aromatic rings. The van der Waals surface area contributed by atoms with Gasteiger partial charge in [-0.3, -0.25) is 0 Å². The monoisotopic (exact) mass is 433 g/mol. The minimum absolute atomic E-state index is 0.543. The molecule has 1 aliphatic carbocycles. The lowest BCUT2D eigenvalue weighted by Crippen LogP contribution is -2.07. The first-order valence-electron chi connectivity index (χ1n) is 9.70. The SMILES string of the molecule is C[SH+](=O)c1cccc(Nc2ncc3c(n2)-c2cc(-c4cccc(N)c4)sc2CC3)c1. The van der Waals surface area contributed by atoms with Crippen LogP contribution in [0.2, 0.25) is 0 Å². The van der Waals surface area contributed by atoms with Crippen LogP contribution in [0, 0.1) is 0 Å². The summed E-state index contributed by atoms with van der Waals surface area (Å²) in [5, 5.41) is 3.26. The summed E-state index contributed by atoms with van der Waals surface area (Å²) < 4.78 is 11.8. The van der Waals surface area contributed by atoms with Crippen molar-refractivity contribution in [3.05, 3.63) is 71.2 Å². The van der Waals surface area contributed by atoms with Crippen molar-refractivity contribution >= 4 is 39.5 Å². The fraction of sp³-hybridized carbons (Fsp3) is 0.130. The second kappa shape index (κ2) is 7.66. The van der Waals surface area contributed by atoms with Gasteiger partial charge in [0.15, 0.2) is 4.90 Å². The number of nitrogens with zero attached hydrogens (tertiary/aromatic N) is 2. The molecule has 0 aliphatic heterocycles. The van der Waals surface area contributed by atoms with E-state index in [0.717, 1.165) is 45.9 Å². The van der Waals surface area contributed by atoms with Gasteiger partial charge in [0.1, 0.15) is 17.1 Å². The number of aryl methyl sites for hydroxylation is 2. The second-order valence-electron chi connectivity index (χ2n) is 7.31. The second-order valence-corrected chi connectivity index (χ2v) is 9.96. The highest BCUT2D eigenvalue weighted by Gasteiger charge is 2.22. The third-order valence-electron chi connectivity index (χ3n) is 5.19. The molecule has 30 heavy (non-hydrogen) atoms. The average molecular weight is 434 g/mol. The van der Waals surface area contributed by atoms with Crippen molar-refractivity contribution in [1.29, 1.82) is 0 Å². The third kappa shape index (κ3) is 3.62. The van der Waals surface area contributed by atoms with Gasteiger partial charge >= 0.3 is 0 Å². The van der Waals surface area contributed by atoms with Gasteiger partial charge in [-0.1, -0.05) is 18.2 Å². The topological polar surface area (TPSA) is 80.9 Å². The molecule has 1 atom stereocenters. The maximum absolute atomic E-state index is 11.8. The van der Waals surface area contributed by atoms with Gasteiger partial charge in [-0.05, 0) is 54.3 Å². The first-order chi connectivity index (χ1) is 14.6. The number of fused-ring (bicyclic) bond motifs is 3. The summed E-state index contributed by atoms with van der Waals surface area (Å²) in [4.78, 5) is 12.7. The summed E-state index contributed by atoms with van der Waals surface area (Å²) in [5.74, 6) is 0.543. The van der Waals surface area contributed by atoms with E-state index in [4.69, 9.17) is 10.7 Å². The van der Waals surface area contributed by atoms with Crippen LogP contribution in [0.5, 0.6) is 0 Å². The summed E-state index contributed by atoms with van der Waals surface area (Å²) in [6.07, 6.45) is 5.55. The molecule has 0 radical (unpaired) electrons. The highest BCUT2D eigenvalue weighted by Crippen LogP contribution is 2.42. The van der Waals surface area contributed by atoms with Crippen LogP contribution >= 0.6 is 11.3 Å². The van der Waals surface area contributed by atoms with Crippen molar-refractivity contribution in [3.8, 4) is 21.7 Å². The van der Waals surface area contributed by atoms with Gasteiger partial charge in [-0.25, -0.2) is 9.97 Å². The van der Waals surface area contributed by atoms with Crippen LogP contribution in [0.25, 0.3) is 21.7 Å². The van der Waals surface area contributed by atoms with Crippen LogP contribution in [0.15, 0.2) is 65.7 Å². The quantitative estimate of drug-likeness (QED) is 0.269. The Kier molecular flexibility index (Phi) is 4.84. The van der Waals surface area contributed by atoms with Gasteiger partial charge in [0.05, 0.1) is 5.69 Å². The minimum Gasteiger partial charge on any atom is -0.399 e. The largest absolute Gasteiger partial charge is 0.399 e. The predicted molar refractivity (Wildman–Crippen MR) is 126 cm³/mol. The zero-order valence-electron chi connectivity index (χ0n) is 16.4. The van der Waals surface area contributed by atoms with Crippen LogP contribution < -0.4 is 11.1 Å². The van der Waals surface area contributed by atoms with E-state index in [2.05, 4.69) is 22.4 Å². The molecule has 5 nitrogen and oxygen atoms in total. The van der Waals surface area contributed by atoms with Crippen molar-refractivity contribution < 1.29 is 4.21 Å². The number of rotatable bonds is 4. The van der Waals surface area contributed by atoms with Crippen molar-refractivity contribution in [2.75, 3.05) is 17.3 Å². The summed E-state index contributed by atoms with van der Waals surface area (Å²) in [7, 11) is -1.39. The summed E-state index contributed by atoms with van der Waals surface area (Å²) in [6, 6.07) is 17.8. The maximum atomic E-state index is 11.8. The Bertz CT molecular complexity index is 1280. The number of aromatic nitrogens is 2. The predicted octanol–water partition coefficient (Wildman–Crippen LogP) is 4.98. The molecular formula is C23H21N4OS2+. The molecule has 0 amide bonds. The van der Waals surface area contributed by atoms with Crippen molar-refractivity contribution in [2.24, 2.45) is 0 Å². The molecule has 1 unspecified atom stereocenters. The minimum atomic E-state index is -1.39. The van der Waals surface area contributed by atoms with Gasteiger partial charge < -0.3 is 11.1 Å². The van der Waals surface area contributed by atoms with Gasteiger partial charge in [0.25, 0.3) is 0 Å². The maximum Gasteiger partial charge on any atom is 0.227 e. The van der Waals surface area contributed by atoms with Crippen molar-refractivity contribution in [1.82, 2.24) is 9.97 Å². The van der Waals surface area contributed by atoms with Crippen molar-refractivity contribution in [2.45, 2.75) is 17.7 Å². The molecule has 0 fully saturated rings. The number of hydrogen-bond donors (Lipinski definition) is 2. The van der Waals surface area contributed by atoms with Gasteiger partial charge in [-0.2, -0.15) is 0 Å². The van der Waals surface area contributed by atoms with Crippen LogP contribution in [0.1, 0.15) is 10.4 Å². The fourth-order valence-electron chi connectivity index (χ4n) is 3.69. The number of hydrogen-bond acceptors (Lipinski definition) is 6. The lowest BCUT2D eigenvalue weighted by molar-refractivity contribution is 0.598. The molecule has 3 N–H and O–H groups in total. The van der Waals surface area contributed by atoms with E-state index in [0.29, 0.717) is 5.95 Å². The molecule has 0 spiro atoms. The number of nitrogen functional groups attached to an aromatic ring is 1. The Balaban J connectivity index is 1.50. The first kappa shape index (κ1) is 19.0. The molecule has 1 aliphatic rings. The number of thiophene rings is 1. The smallest absolute Gasteiger partial charge is 0.227 e. The van der Waals surface area contributed by atoms with E-state index >= 15 is 0 Å². The molecule has 150 valence electrons. The lowest BCUT2D eigenvalue weighted by Gasteiger charge is -2.16. The van der Waals surface area contributed by atoms with E-state index in [1.807, 2.05) is 48.7 Å². The molecule has 0 bridgehead atoms. The van der Waals surface area contributed by atoms with Crippen LogP contribution in [0.4, 0.5) is 17.3 Å². The van der Waals surface area contributed by atoms with Gasteiger partial charge in [0, 0.05) is 39.0 Å². The average Bonchev–Trinajstić information content (AvgIpc) is 3.19. The van der Waals surface area contributed by atoms with Crippen LogP contribution in [0.3, 0.4) is 0 Å². The summed E-state index contributed by atoms with van der Waals surface area (Å²) in [6.45, 7) is 0. The normalized spacial score (nSPS) is 13.4. The molecule has 2 heterocycles. The summed E-state index contributed by atoms with van der Waals surface area (Å²) in [5.41, 5.74) is 12.0. The zero-order valence-corrected chi connectivity index (χ0v) is 18.1. The molecule has 7 heteroatoms. The highest BCUT2D eigenvalue weighted by atomic mass is 32.2. The van der Waals surface area contributed by atoms with Crippen molar-refractivity contribution in [3.63, 3.8) is 0 Å². The Morgan fingerprint density at radius 1 is 1.10 bits per heavy atom. The van der Waals surface area contributed by atoms with Gasteiger partial charge in [-0.15, -0.1) is 15.5 Å². The fourth-order valence-corrected chi connectivity index (χ4v) is 5.46. The molecule has 2 aromatic carbocycles.